The van der Waals surface area contributed by atoms with Crippen LogP contribution in [0.4, 0.5) is 0 Å². The fourth-order valence-electron chi connectivity index (χ4n) is 4.89. The van der Waals surface area contributed by atoms with Crippen molar-refractivity contribution in [3.8, 4) is 22.3 Å². The Bertz CT molecular complexity index is 1700. The van der Waals surface area contributed by atoms with Crippen molar-refractivity contribution in [1.29, 1.82) is 0 Å². The molecular weight excluding hydrogens is 504 g/mol. The summed E-state index contributed by atoms with van der Waals surface area (Å²) in [7, 11) is 0. The standard InChI is InChI=1S/C32H22N4.Cu/c1-3-7-21(8-4-1)31-27-15-11-23(33-27)19-25-13-17-29(35-25)32(22-9-5-2-6-10-22)30-18-14-26(36-30)20-24-12-16-28(31)34-24;/h1-20,33,35H;. The van der Waals surface area contributed by atoms with Crippen molar-refractivity contribution in [1.82, 2.24) is 19.9 Å². The minimum Gasteiger partial charge on any atom is -0.355 e. The van der Waals surface area contributed by atoms with Crippen LogP contribution in [0, 0.1) is 0 Å². The van der Waals surface area contributed by atoms with E-state index in [0.717, 1.165) is 67.1 Å². The van der Waals surface area contributed by atoms with Crippen molar-refractivity contribution in [2.45, 2.75) is 0 Å². The van der Waals surface area contributed by atoms with E-state index in [-0.39, 0.29) is 17.1 Å². The topological polar surface area (TPSA) is 57.4 Å². The molecular formula is C32H22CuN4. The van der Waals surface area contributed by atoms with Crippen LogP contribution in [0.3, 0.4) is 0 Å². The van der Waals surface area contributed by atoms with Crippen LogP contribution in [-0.4, -0.2) is 19.9 Å². The van der Waals surface area contributed by atoms with Gasteiger partial charge in [-0.15, -0.1) is 0 Å². The molecule has 0 aliphatic carbocycles. The molecule has 2 N–H and O–H groups in total. The number of fused-ring (bicyclic) bond motifs is 8. The number of aromatic amines is 2. The maximum absolute atomic E-state index is 4.98. The van der Waals surface area contributed by atoms with Gasteiger partial charge in [0.1, 0.15) is 0 Å². The first kappa shape index (κ1) is 23.0. The van der Waals surface area contributed by atoms with E-state index in [1.807, 2.05) is 18.2 Å². The van der Waals surface area contributed by atoms with Crippen molar-refractivity contribution in [2.75, 3.05) is 0 Å². The van der Waals surface area contributed by atoms with E-state index >= 15 is 0 Å². The van der Waals surface area contributed by atoms with Crippen LogP contribution in [0.15, 0.2) is 97.1 Å². The van der Waals surface area contributed by atoms with E-state index in [1.165, 1.54) is 0 Å². The molecule has 2 aromatic carbocycles. The number of nitrogens with zero attached hydrogens (tertiary/aromatic N) is 2. The number of hydrogen-bond donors (Lipinski definition) is 2. The van der Waals surface area contributed by atoms with Crippen molar-refractivity contribution in [2.24, 2.45) is 0 Å². The molecule has 37 heavy (non-hydrogen) atoms. The summed E-state index contributed by atoms with van der Waals surface area (Å²) < 4.78 is 0. The molecule has 0 unspecified atom stereocenters. The molecule has 5 heterocycles. The van der Waals surface area contributed by atoms with Gasteiger partial charge in [-0.25, -0.2) is 9.97 Å². The summed E-state index contributed by atoms with van der Waals surface area (Å²) >= 11 is 0. The van der Waals surface area contributed by atoms with Gasteiger partial charge in [0.25, 0.3) is 0 Å². The molecule has 7 rings (SSSR count). The van der Waals surface area contributed by atoms with Crippen LogP contribution >= 0.6 is 0 Å². The van der Waals surface area contributed by atoms with Gasteiger partial charge >= 0.3 is 0 Å². The quantitative estimate of drug-likeness (QED) is 0.225. The Morgan fingerprint density at radius 1 is 0.459 bits per heavy atom. The van der Waals surface area contributed by atoms with Gasteiger partial charge in [0.2, 0.25) is 0 Å². The third-order valence-electron chi connectivity index (χ3n) is 6.52. The van der Waals surface area contributed by atoms with Crippen molar-refractivity contribution < 1.29 is 17.1 Å². The average Bonchev–Trinajstić information content (AvgIpc) is 3.72. The summed E-state index contributed by atoms with van der Waals surface area (Å²) in [5.41, 5.74) is 12.1. The molecule has 2 aliphatic heterocycles. The van der Waals surface area contributed by atoms with E-state index in [2.05, 4.69) is 113 Å². The second-order valence-electron chi connectivity index (χ2n) is 8.94. The Hall–Kier alpha value is -4.44. The third-order valence-corrected chi connectivity index (χ3v) is 6.52. The third kappa shape index (κ3) is 4.36. The van der Waals surface area contributed by atoms with E-state index < -0.39 is 0 Å². The first-order valence-corrected chi connectivity index (χ1v) is 12.0. The van der Waals surface area contributed by atoms with Crippen LogP contribution in [0.2, 0.25) is 0 Å². The van der Waals surface area contributed by atoms with Gasteiger partial charge in [-0.05, 0) is 71.8 Å². The zero-order valence-corrected chi connectivity index (χ0v) is 20.7. The van der Waals surface area contributed by atoms with Crippen LogP contribution in [-0.2, 0) is 17.1 Å². The monoisotopic (exact) mass is 525 g/mol. The SMILES string of the molecule is C1=Cc2nc1cc1nc(c(-c3ccccc3)c3ccc(cc4ccc([nH]4)c2-c2ccccc2)[nH]3)C=C1.[Cu]. The summed E-state index contributed by atoms with van der Waals surface area (Å²) in [5.74, 6) is 0. The largest absolute Gasteiger partial charge is 0.355 e. The number of aromatic nitrogens is 4. The molecule has 0 fully saturated rings. The summed E-state index contributed by atoms with van der Waals surface area (Å²) in [6.07, 6.45) is 8.27. The minimum atomic E-state index is 0. The molecule has 181 valence electrons. The van der Waals surface area contributed by atoms with Crippen molar-refractivity contribution >= 4 is 46.4 Å². The maximum Gasteiger partial charge on any atom is 0.0736 e. The van der Waals surface area contributed by atoms with Crippen LogP contribution in [0.25, 0.3) is 68.6 Å². The Morgan fingerprint density at radius 3 is 1.38 bits per heavy atom. The molecule has 0 saturated carbocycles. The Balaban J connectivity index is 0.00000252. The molecule has 5 aromatic rings. The molecule has 0 saturated heterocycles. The maximum atomic E-state index is 4.98. The van der Waals surface area contributed by atoms with E-state index in [1.54, 1.807) is 0 Å². The first-order valence-electron chi connectivity index (χ1n) is 12.0. The molecule has 2 aliphatic rings. The molecule has 1 radical (unpaired) electrons. The number of H-pyrrole nitrogens is 2. The molecule has 4 nitrogen and oxygen atoms in total. The van der Waals surface area contributed by atoms with Gasteiger partial charge in [-0.1, -0.05) is 60.7 Å². The van der Waals surface area contributed by atoms with Gasteiger partial charge in [-0.2, -0.15) is 0 Å². The number of benzene rings is 2. The van der Waals surface area contributed by atoms with Crippen molar-refractivity contribution in [3.05, 3.63) is 120 Å². The van der Waals surface area contributed by atoms with Crippen LogP contribution in [0.1, 0.15) is 22.8 Å². The van der Waals surface area contributed by atoms with E-state index in [0.29, 0.717) is 0 Å². The first-order chi connectivity index (χ1) is 17.8. The molecule has 0 spiro atoms. The minimum absolute atomic E-state index is 0. The van der Waals surface area contributed by atoms with Crippen molar-refractivity contribution in [3.63, 3.8) is 0 Å². The van der Waals surface area contributed by atoms with Crippen LogP contribution in [0.5, 0.6) is 0 Å². The summed E-state index contributed by atoms with van der Waals surface area (Å²) in [6.45, 7) is 0. The predicted octanol–water partition coefficient (Wildman–Crippen LogP) is 7.99. The summed E-state index contributed by atoms with van der Waals surface area (Å²) in [4.78, 5) is 17.2. The molecule has 5 heteroatoms. The van der Waals surface area contributed by atoms with Gasteiger partial charge in [0.15, 0.2) is 0 Å². The number of nitrogens with one attached hydrogen (secondary N) is 2. The van der Waals surface area contributed by atoms with Crippen LogP contribution < -0.4 is 0 Å². The molecule has 3 aromatic heterocycles. The number of rotatable bonds is 2. The van der Waals surface area contributed by atoms with E-state index in [4.69, 9.17) is 9.97 Å². The van der Waals surface area contributed by atoms with Gasteiger partial charge < -0.3 is 9.97 Å². The second-order valence-corrected chi connectivity index (χ2v) is 8.94. The fraction of sp³-hybridized carbons (Fsp3) is 0. The van der Waals surface area contributed by atoms with Gasteiger partial charge in [0, 0.05) is 50.3 Å². The average molecular weight is 526 g/mol. The Labute approximate surface area is 225 Å². The normalized spacial score (nSPS) is 11.9. The number of hydrogen-bond acceptors (Lipinski definition) is 2. The summed E-state index contributed by atoms with van der Waals surface area (Å²) in [5, 5.41) is 0. The molecule has 0 atom stereocenters. The smallest absolute Gasteiger partial charge is 0.0736 e. The van der Waals surface area contributed by atoms with Gasteiger partial charge in [0.05, 0.1) is 22.8 Å². The Morgan fingerprint density at radius 2 is 0.919 bits per heavy atom. The Kier molecular flexibility index (Phi) is 5.93. The summed E-state index contributed by atoms with van der Waals surface area (Å²) in [6, 6.07) is 33.4. The second kappa shape index (κ2) is 9.55. The zero-order valence-electron chi connectivity index (χ0n) is 19.7. The zero-order chi connectivity index (χ0) is 23.9. The van der Waals surface area contributed by atoms with Gasteiger partial charge in [-0.3, -0.25) is 0 Å². The molecule has 8 bridgehead atoms. The predicted molar refractivity (Wildman–Crippen MR) is 150 cm³/mol. The van der Waals surface area contributed by atoms with E-state index in [9.17, 15) is 0 Å². The molecule has 0 amide bonds. The fourth-order valence-corrected chi connectivity index (χ4v) is 4.89.